The van der Waals surface area contributed by atoms with Gasteiger partial charge in [-0.25, -0.2) is 4.98 Å². The summed E-state index contributed by atoms with van der Waals surface area (Å²) in [4.78, 5) is 29.0. The van der Waals surface area contributed by atoms with Crippen molar-refractivity contribution in [1.29, 1.82) is 0 Å². The first-order chi connectivity index (χ1) is 13.0. The van der Waals surface area contributed by atoms with Crippen molar-refractivity contribution in [2.24, 2.45) is 0 Å². The molecule has 8 heteroatoms. The largest absolute Gasteiger partial charge is 0.493 e. The van der Waals surface area contributed by atoms with Crippen LogP contribution in [-0.4, -0.2) is 29.7 Å². The Kier molecular flexibility index (Phi) is 5.61. The Morgan fingerprint density at radius 3 is 2.78 bits per heavy atom. The molecule has 0 spiro atoms. The molecule has 0 saturated carbocycles. The zero-order valence-electron chi connectivity index (χ0n) is 14.9. The first kappa shape index (κ1) is 18.7. The second-order valence-electron chi connectivity index (χ2n) is 5.77. The van der Waals surface area contributed by atoms with Gasteiger partial charge in [0.25, 0.3) is 5.56 Å². The summed E-state index contributed by atoms with van der Waals surface area (Å²) in [5.74, 6) is 0.806. The number of para-hydroxylation sites is 1. The molecule has 3 rings (SSSR count). The van der Waals surface area contributed by atoms with E-state index in [9.17, 15) is 9.59 Å². The number of methoxy groups -OCH3 is 2. The normalized spacial score (nSPS) is 10.6. The van der Waals surface area contributed by atoms with Crippen molar-refractivity contribution in [3.63, 3.8) is 0 Å². The smallest absolute Gasteiger partial charge is 0.261 e. The first-order valence-corrected chi connectivity index (χ1v) is 8.52. The molecule has 3 aromatic rings. The van der Waals surface area contributed by atoms with Gasteiger partial charge in [0, 0.05) is 17.1 Å². The number of hydrogen-bond acceptors (Lipinski definition) is 5. The summed E-state index contributed by atoms with van der Waals surface area (Å²) in [5.41, 5.74) is 0.972. The topological polar surface area (TPSA) is 82.5 Å². The Labute approximate surface area is 160 Å². The van der Waals surface area contributed by atoms with E-state index < -0.39 is 0 Å². The number of nitrogens with zero attached hydrogens (tertiary/aromatic N) is 2. The number of ether oxygens (including phenoxy) is 2. The number of hydrogen-bond donors (Lipinski definition) is 1. The van der Waals surface area contributed by atoms with Gasteiger partial charge in [-0.3, -0.25) is 14.2 Å². The van der Waals surface area contributed by atoms with Crippen LogP contribution in [0.4, 0.5) is 0 Å². The number of benzene rings is 2. The second kappa shape index (κ2) is 8.09. The lowest BCUT2D eigenvalue weighted by Crippen LogP contribution is -2.32. The Morgan fingerprint density at radius 1 is 1.22 bits per heavy atom. The SMILES string of the molecule is COc1cccc(CNC(=O)Cn2cnc3ccc(Cl)cc3c2=O)c1OC. The molecule has 0 aliphatic carbocycles. The van der Waals surface area contributed by atoms with Crippen molar-refractivity contribution >= 4 is 28.4 Å². The molecule has 0 aliphatic rings. The van der Waals surface area contributed by atoms with E-state index in [-0.39, 0.29) is 24.6 Å². The van der Waals surface area contributed by atoms with Crippen LogP contribution in [0.3, 0.4) is 0 Å². The van der Waals surface area contributed by atoms with E-state index in [0.29, 0.717) is 27.4 Å². The lowest BCUT2D eigenvalue weighted by molar-refractivity contribution is -0.121. The van der Waals surface area contributed by atoms with Crippen LogP contribution in [0.1, 0.15) is 5.56 Å². The summed E-state index contributed by atoms with van der Waals surface area (Å²) in [6.45, 7) is 0.0847. The monoisotopic (exact) mass is 387 g/mol. The molecule has 0 radical (unpaired) electrons. The number of rotatable bonds is 6. The van der Waals surface area contributed by atoms with Crippen LogP contribution < -0.4 is 20.3 Å². The first-order valence-electron chi connectivity index (χ1n) is 8.14. The van der Waals surface area contributed by atoms with Gasteiger partial charge in [0.1, 0.15) is 6.54 Å². The van der Waals surface area contributed by atoms with Gasteiger partial charge in [-0.2, -0.15) is 0 Å². The number of aromatic nitrogens is 2. The molecule has 0 unspecified atom stereocenters. The molecule has 0 atom stereocenters. The van der Waals surface area contributed by atoms with E-state index in [0.717, 1.165) is 5.56 Å². The van der Waals surface area contributed by atoms with Crippen LogP contribution in [0.25, 0.3) is 10.9 Å². The maximum atomic E-state index is 12.5. The van der Waals surface area contributed by atoms with Crippen molar-refractivity contribution in [3.05, 3.63) is 63.7 Å². The van der Waals surface area contributed by atoms with E-state index >= 15 is 0 Å². The second-order valence-corrected chi connectivity index (χ2v) is 6.20. The summed E-state index contributed by atoms with van der Waals surface area (Å²) in [7, 11) is 3.08. The highest BCUT2D eigenvalue weighted by Crippen LogP contribution is 2.30. The number of carbonyl (C=O) groups excluding carboxylic acids is 1. The van der Waals surface area contributed by atoms with Gasteiger partial charge in [-0.15, -0.1) is 0 Å². The molecule has 2 aromatic carbocycles. The minimum atomic E-state index is -0.329. The van der Waals surface area contributed by atoms with Crippen molar-refractivity contribution in [1.82, 2.24) is 14.9 Å². The molecule has 1 N–H and O–H groups in total. The number of fused-ring (bicyclic) bond motifs is 1. The average molecular weight is 388 g/mol. The predicted octanol–water partition coefficient (Wildman–Crippen LogP) is 2.38. The van der Waals surface area contributed by atoms with Crippen LogP contribution in [0, 0.1) is 0 Å². The zero-order chi connectivity index (χ0) is 19.4. The summed E-state index contributed by atoms with van der Waals surface area (Å²) in [5, 5.41) is 3.58. The van der Waals surface area contributed by atoms with Gasteiger partial charge in [-0.05, 0) is 24.3 Å². The van der Waals surface area contributed by atoms with Gasteiger partial charge in [-0.1, -0.05) is 23.7 Å². The van der Waals surface area contributed by atoms with E-state index in [2.05, 4.69) is 10.3 Å². The molecule has 7 nitrogen and oxygen atoms in total. The summed E-state index contributed by atoms with van der Waals surface area (Å²) in [6, 6.07) is 10.3. The summed E-state index contributed by atoms with van der Waals surface area (Å²) in [6.07, 6.45) is 1.35. The fourth-order valence-electron chi connectivity index (χ4n) is 2.74. The predicted molar refractivity (Wildman–Crippen MR) is 102 cm³/mol. The van der Waals surface area contributed by atoms with Crippen LogP contribution in [0.15, 0.2) is 47.5 Å². The number of halogens is 1. The standard InChI is InChI=1S/C19H18ClN3O4/c1-26-16-5-3-4-12(18(16)27-2)9-21-17(24)10-23-11-22-15-7-6-13(20)8-14(15)19(23)25/h3-8,11H,9-10H2,1-2H3,(H,21,24). The maximum Gasteiger partial charge on any atom is 0.261 e. The third kappa shape index (κ3) is 4.03. The van der Waals surface area contributed by atoms with Gasteiger partial charge in [0.15, 0.2) is 11.5 Å². The maximum absolute atomic E-state index is 12.5. The van der Waals surface area contributed by atoms with Gasteiger partial charge >= 0.3 is 0 Å². The minimum Gasteiger partial charge on any atom is -0.493 e. The molecule has 1 heterocycles. The Hall–Kier alpha value is -3.06. The molecule has 140 valence electrons. The van der Waals surface area contributed by atoms with Crippen molar-refractivity contribution in [3.8, 4) is 11.5 Å². The van der Waals surface area contributed by atoms with E-state index in [1.807, 2.05) is 12.1 Å². The van der Waals surface area contributed by atoms with Gasteiger partial charge in [0.05, 0.1) is 31.4 Å². The highest BCUT2D eigenvalue weighted by molar-refractivity contribution is 6.31. The molecule has 1 amide bonds. The molecule has 27 heavy (non-hydrogen) atoms. The zero-order valence-corrected chi connectivity index (χ0v) is 15.6. The lowest BCUT2D eigenvalue weighted by Gasteiger charge is -2.13. The highest BCUT2D eigenvalue weighted by atomic mass is 35.5. The molecule has 0 bridgehead atoms. The Balaban J connectivity index is 1.75. The van der Waals surface area contributed by atoms with Crippen molar-refractivity contribution < 1.29 is 14.3 Å². The fourth-order valence-corrected chi connectivity index (χ4v) is 2.91. The Morgan fingerprint density at radius 2 is 2.04 bits per heavy atom. The third-order valence-electron chi connectivity index (χ3n) is 4.06. The minimum absolute atomic E-state index is 0.152. The molecule has 1 aromatic heterocycles. The van der Waals surface area contributed by atoms with E-state index in [4.69, 9.17) is 21.1 Å². The van der Waals surface area contributed by atoms with E-state index in [1.165, 1.54) is 18.0 Å². The fraction of sp³-hybridized carbons (Fsp3) is 0.211. The highest BCUT2D eigenvalue weighted by Gasteiger charge is 2.12. The van der Waals surface area contributed by atoms with Gasteiger partial charge < -0.3 is 14.8 Å². The summed E-state index contributed by atoms with van der Waals surface area (Å²) < 4.78 is 11.8. The number of amides is 1. The lowest BCUT2D eigenvalue weighted by atomic mass is 10.2. The van der Waals surface area contributed by atoms with Crippen LogP contribution in [0.5, 0.6) is 11.5 Å². The quantitative estimate of drug-likeness (QED) is 0.702. The van der Waals surface area contributed by atoms with Crippen LogP contribution >= 0.6 is 11.6 Å². The molecule has 0 aliphatic heterocycles. The van der Waals surface area contributed by atoms with E-state index in [1.54, 1.807) is 31.4 Å². The van der Waals surface area contributed by atoms with Crippen LogP contribution in [-0.2, 0) is 17.9 Å². The molecule has 0 fully saturated rings. The summed E-state index contributed by atoms with van der Waals surface area (Å²) >= 11 is 5.94. The number of carbonyl (C=O) groups is 1. The number of nitrogens with one attached hydrogen (secondary N) is 1. The van der Waals surface area contributed by atoms with Crippen LogP contribution in [0.2, 0.25) is 5.02 Å². The molecular formula is C19H18ClN3O4. The van der Waals surface area contributed by atoms with Crippen molar-refractivity contribution in [2.45, 2.75) is 13.1 Å². The van der Waals surface area contributed by atoms with Crippen molar-refractivity contribution in [2.75, 3.05) is 14.2 Å². The van der Waals surface area contributed by atoms with Gasteiger partial charge in [0.2, 0.25) is 5.91 Å². The third-order valence-corrected chi connectivity index (χ3v) is 4.30. The average Bonchev–Trinajstić information content (AvgIpc) is 2.68. The molecule has 0 saturated heterocycles. The Bertz CT molecular complexity index is 1050. The molecular weight excluding hydrogens is 370 g/mol.